The van der Waals surface area contributed by atoms with Gasteiger partial charge in [0.05, 0.1) is 11.1 Å². The molecule has 310 valence electrons. The molecule has 4 aliphatic heterocycles. The van der Waals surface area contributed by atoms with Gasteiger partial charge in [0.25, 0.3) is 11.8 Å². The van der Waals surface area contributed by atoms with Gasteiger partial charge >= 0.3 is 7.12 Å². The normalized spacial score (nSPS) is 19.6. The molecule has 4 aromatic rings. The Labute approximate surface area is 351 Å². The molecule has 3 fully saturated rings. The molecule has 4 amide bonds. The predicted octanol–water partition coefficient (Wildman–Crippen LogP) is 4.05. The van der Waals surface area contributed by atoms with Crippen LogP contribution in [0.4, 0.5) is 5.69 Å². The van der Waals surface area contributed by atoms with Crippen LogP contribution in [-0.2, 0) is 9.59 Å². The second-order valence-electron chi connectivity index (χ2n) is 16.2. The molecule has 0 saturated carbocycles. The van der Waals surface area contributed by atoms with Gasteiger partial charge in [0.1, 0.15) is 18.4 Å². The summed E-state index contributed by atoms with van der Waals surface area (Å²) in [6.45, 7) is 10.5. The first kappa shape index (κ1) is 41.2. The number of carbonyl (C=O) groups excluding carboxylic acids is 4. The van der Waals surface area contributed by atoms with Gasteiger partial charge in [-0.25, -0.2) is 0 Å². The van der Waals surface area contributed by atoms with Gasteiger partial charge in [0, 0.05) is 64.5 Å². The number of anilines is 1. The number of hydrogen-bond acceptors (Lipinski definition) is 10. The van der Waals surface area contributed by atoms with Crippen LogP contribution in [0.1, 0.15) is 76.4 Å². The average molecular weight is 810 g/mol. The van der Waals surface area contributed by atoms with Gasteiger partial charge in [0.15, 0.2) is 0 Å². The highest BCUT2D eigenvalue weighted by Crippen LogP contribution is 2.36. The number of piperidine rings is 2. The molecule has 0 spiro atoms. The fraction of sp³-hybridized carbons (Fsp3) is 0.362. The number of imide groups is 2. The van der Waals surface area contributed by atoms with E-state index in [2.05, 4.69) is 51.2 Å². The summed E-state index contributed by atoms with van der Waals surface area (Å²) in [5, 5.41) is 21.6. The molecule has 0 aromatic heterocycles. The summed E-state index contributed by atoms with van der Waals surface area (Å²) in [5.74, 6) is -0.522. The average Bonchev–Trinajstić information content (AvgIpc) is 3.52. The van der Waals surface area contributed by atoms with Gasteiger partial charge in [-0.05, 0) is 95.2 Å². The van der Waals surface area contributed by atoms with Crippen molar-refractivity contribution >= 4 is 53.0 Å². The summed E-state index contributed by atoms with van der Waals surface area (Å²) >= 11 is 0. The third kappa shape index (κ3) is 8.95. The van der Waals surface area contributed by atoms with Crippen molar-refractivity contribution in [1.82, 2.24) is 20.0 Å². The van der Waals surface area contributed by atoms with Crippen LogP contribution in [0.25, 0.3) is 11.1 Å². The van der Waals surface area contributed by atoms with Crippen molar-refractivity contribution in [3.05, 3.63) is 125 Å². The van der Waals surface area contributed by atoms with E-state index in [0.717, 1.165) is 110 Å². The van der Waals surface area contributed by atoms with Crippen LogP contribution in [0.2, 0.25) is 0 Å². The van der Waals surface area contributed by atoms with Crippen LogP contribution in [0.3, 0.4) is 0 Å². The minimum atomic E-state index is -1.51. The lowest BCUT2D eigenvalue weighted by molar-refractivity contribution is -0.136. The Balaban J connectivity index is 0.793. The quantitative estimate of drug-likeness (QED) is 0.103. The highest BCUT2D eigenvalue weighted by molar-refractivity contribution is 6.58. The highest BCUT2D eigenvalue weighted by Gasteiger charge is 2.45. The van der Waals surface area contributed by atoms with Crippen LogP contribution in [-0.4, -0.2) is 121 Å². The standard InChI is InChI=1S/C47H52BN5O7/c1-2-39(33-6-4-3-5-7-33)44(34-8-12-36(13-9-34)48(58)59)35-10-15-38(16-11-35)60-29-28-50-24-26-51(27-25-50)31-32-20-22-52(23-21-32)37-14-17-40-41(30-37)47(57)53(46(40)56)42-18-19-43(54)49-45(42)55/h3-17,30,32,42,58-59H,2,18-29,31H2,1H3,(H,49,54,55)/b44-39-. The Hall–Kier alpha value is -5.60. The van der Waals surface area contributed by atoms with Gasteiger partial charge in [-0.1, -0.05) is 73.7 Å². The van der Waals surface area contributed by atoms with E-state index in [0.29, 0.717) is 29.1 Å². The number of rotatable bonds is 13. The Bertz CT molecular complexity index is 2230. The number of nitrogens with one attached hydrogen (secondary N) is 1. The highest BCUT2D eigenvalue weighted by atomic mass is 16.5. The molecular formula is C47H52BN5O7. The van der Waals surface area contributed by atoms with Crippen molar-refractivity contribution in [3.8, 4) is 5.75 Å². The van der Waals surface area contributed by atoms with Crippen molar-refractivity contribution in [2.45, 2.75) is 45.1 Å². The largest absolute Gasteiger partial charge is 0.492 e. The molecule has 4 aliphatic rings. The molecule has 1 unspecified atom stereocenters. The van der Waals surface area contributed by atoms with Crippen LogP contribution in [0, 0.1) is 5.92 Å². The van der Waals surface area contributed by atoms with E-state index in [1.807, 2.05) is 48.5 Å². The van der Waals surface area contributed by atoms with E-state index in [4.69, 9.17) is 4.74 Å². The fourth-order valence-electron chi connectivity index (χ4n) is 9.10. The van der Waals surface area contributed by atoms with Crippen LogP contribution in [0.15, 0.2) is 97.1 Å². The minimum Gasteiger partial charge on any atom is -0.492 e. The number of allylic oxidation sites excluding steroid dienone is 1. The van der Waals surface area contributed by atoms with Crippen molar-refractivity contribution in [3.63, 3.8) is 0 Å². The zero-order chi connectivity index (χ0) is 41.8. The zero-order valence-corrected chi connectivity index (χ0v) is 34.1. The predicted molar refractivity (Wildman–Crippen MR) is 232 cm³/mol. The van der Waals surface area contributed by atoms with Crippen LogP contribution >= 0.6 is 0 Å². The van der Waals surface area contributed by atoms with Crippen LogP contribution < -0.4 is 20.4 Å². The Kier molecular flexibility index (Phi) is 12.6. The molecule has 60 heavy (non-hydrogen) atoms. The van der Waals surface area contributed by atoms with Crippen LogP contribution in [0.5, 0.6) is 5.75 Å². The first-order valence-corrected chi connectivity index (χ1v) is 21.2. The van der Waals surface area contributed by atoms with Crippen molar-refractivity contribution in [2.75, 3.05) is 63.9 Å². The molecule has 4 heterocycles. The molecular weight excluding hydrogens is 757 g/mol. The SMILES string of the molecule is CC/C(=C(/c1ccc(OCCN2CCN(CC3CCN(c4ccc5c(c4)C(=O)N(C4CCC(=O)NC4=O)C5=O)CC3)CC2)cc1)c1ccc(B(O)O)cc1)c1ccccc1. The van der Waals surface area contributed by atoms with E-state index in [1.165, 1.54) is 5.57 Å². The monoisotopic (exact) mass is 809 g/mol. The number of fused-ring (bicyclic) bond motifs is 1. The maximum Gasteiger partial charge on any atom is 0.488 e. The van der Waals surface area contributed by atoms with Gasteiger partial charge in [-0.2, -0.15) is 0 Å². The number of hydrogen-bond donors (Lipinski definition) is 3. The number of carbonyl (C=O) groups is 4. The van der Waals surface area contributed by atoms with E-state index in [-0.39, 0.29) is 18.7 Å². The summed E-state index contributed by atoms with van der Waals surface area (Å²) in [6.07, 6.45) is 3.16. The molecule has 13 heteroatoms. The number of piperazine rings is 1. The first-order valence-electron chi connectivity index (χ1n) is 21.2. The van der Waals surface area contributed by atoms with Crippen molar-refractivity contribution < 1.29 is 34.0 Å². The Morgan fingerprint density at radius 2 is 1.38 bits per heavy atom. The molecule has 4 aromatic carbocycles. The molecule has 0 radical (unpaired) electrons. The lowest BCUT2D eigenvalue weighted by Crippen LogP contribution is -2.54. The Morgan fingerprint density at radius 3 is 2.03 bits per heavy atom. The van der Waals surface area contributed by atoms with E-state index < -0.39 is 30.9 Å². The van der Waals surface area contributed by atoms with Gasteiger partial charge in [0.2, 0.25) is 11.8 Å². The van der Waals surface area contributed by atoms with Crippen molar-refractivity contribution in [2.24, 2.45) is 5.92 Å². The summed E-state index contributed by atoms with van der Waals surface area (Å²) in [6, 6.07) is 30.5. The lowest BCUT2D eigenvalue weighted by atomic mass is 9.79. The first-order chi connectivity index (χ1) is 29.2. The summed E-state index contributed by atoms with van der Waals surface area (Å²) in [7, 11) is -1.51. The molecule has 0 aliphatic carbocycles. The minimum absolute atomic E-state index is 0.0984. The van der Waals surface area contributed by atoms with Gasteiger partial charge < -0.3 is 24.6 Å². The smallest absolute Gasteiger partial charge is 0.488 e. The second-order valence-corrected chi connectivity index (χ2v) is 16.2. The lowest BCUT2D eigenvalue weighted by Gasteiger charge is -2.39. The third-order valence-electron chi connectivity index (χ3n) is 12.5. The van der Waals surface area contributed by atoms with E-state index in [9.17, 15) is 29.2 Å². The maximum atomic E-state index is 13.3. The molecule has 3 N–H and O–H groups in total. The van der Waals surface area contributed by atoms with E-state index in [1.54, 1.807) is 24.3 Å². The number of amides is 4. The molecule has 3 saturated heterocycles. The van der Waals surface area contributed by atoms with E-state index >= 15 is 0 Å². The zero-order valence-electron chi connectivity index (χ0n) is 34.1. The maximum absolute atomic E-state index is 13.3. The molecule has 8 rings (SSSR count). The van der Waals surface area contributed by atoms with Gasteiger partial charge in [-0.15, -0.1) is 0 Å². The Morgan fingerprint density at radius 1 is 0.733 bits per heavy atom. The second kappa shape index (κ2) is 18.3. The molecule has 0 bridgehead atoms. The summed E-state index contributed by atoms with van der Waals surface area (Å²) < 4.78 is 6.24. The number of nitrogens with zero attached hydrogens (tertiary/aromatic N) is 4. The van der Waals surface area contributed by atoms with Gasteiger partial charge in [-0.3, -0.25) is 34.3 Å². The molecule has 1 atom stereocenters. The number of benzene rings is 4. The topological polar surface area (TPSA) is 143 Å². The molecule has 12 nitrogen and oxygen atoms in total. The fourth-order valence-corrected chi connectivity index (χ4v) is 9.10. The van der Waals surface area contributed by atoms with Crippen molar-refractivity contribution in [1.29, 1.82) is 0 Å². The number of ether oxygens (including phenoxy) is 1. The third-order valence-corrected chi connectivity index (χ3v) is 12.5. The summed E-state index contributed by atoms with van der Waals surface area (Å²) in [5.41, 5.74) is 7.54. The summed E-state index contributed by atoms with van der Waals surface area (Å²) in [4.78, 5) is 58.9.